The third kappa shape index (κ3) is 4.84. The standard InChI is InChI=1S/C49H32N2/c1-2-14-37(15-3-1)49-50-45-23-10-11-24-46(45)51(49)38-31-29-36(30-32-38)48-43-20-8-6-18-41(43)47(42-19-7-9-21-44(42)48)35-27-25-34(26-28-35)40-22-12-16-33-13-4-5-17-39(33)40/h1-32H. The van der Waals surface area contributed by atoms with Crippen LogP contribution < -0.4 is 0 Å². The van der Waals surface area contributed by atoms with Crippen LogP contribution in [0.4, 0.5) is 0 Å². The number of nitrogens with zero attached hydrogens (tertiary/aromatic N) is 2. The van der Waals surface area contributed by atoms with Gasteiger partial charge in [-0.25, -0.2) is 4.98 Å². The predicted octanol–water partition coefficient (Wildman–Crippen LogP) is 13.2. The van der Waals surface area contributed by atoms with Crippen molar-refractivity contribution in [2.75, 3.05) is 0 Å². The maximum Gasteiger partial charge on any atom is 0.145 e. The van der Waals surface area contributed by atoms with Gasteiger partial charge in [-0.3, -0.25) is 4.57 Å². The van der Waals surface area contributed by atoms with E-state index in [1.165, 1.54) is 65.7 Å². The van der Waals surface area contributed by atoms with E-state index in [0.717, 1.165) is 28.1 Å². The van der Waals surface area contributed by atoms with Crippen molar-refractivity contribution < 1.29 is 0 Å². The van der Waals surface area contributed by atoms with Crippen LogP contribution >= 0.6 is 0 Å². The molecule has 0 N–H and O–H groups in total. The van der Waals surface area contributed by atoms with Crippen molar-refractivity contribution in [2.45, 2.75) is 0 Å². The van der Waals surface area contributed by atoms with E-state index in [2.05, 4.69) is 193 Å². The topological polar surface area (TPSA) is 17.8 Å². The number of rotatable bonds is 5. The van der Waals surface area contributed by atoms with Gasteiger partial charge in [0.25, 0.3) is 0 Å². The second-order valence-electron chi connectivity index (χ2n) is 13.1. The first-order valence-corrected chi connectivity index (χ1v) is 17.5. The lowest BCUT2D eigenvalue weighted by atomic mass is 9.85. The van der Waals surface area contributed by atoms with Gasteiger partial charge in [0.15, 0.2) is 0 Å². The highest BCUT2D eigenvalue weighted by Crippen LogP contribution is 2.44. The molecule has 0 saturated heterocycles. The molecule has 0 bridgehead atoms. The van der Waals surface area contributed by atoms with Gasteiger partial charge in [0.05, 0.1) is 11.0 Å². The van der Waals surface area contributed by atoms with E-state index in [1.54, 1.807) is 0 Å². The second kappa shape index (κ2) is 12.0. The summed E-state index contributed by atoms with van der Waals surface area (Å²) in [7, 11) is 0. The molecule has 0 aliphatic rings. The Bertz CT molecular complexity index is 2820. The highest BCUT2D eigenvalue weighted by molar-refractivity contribution is 6.21. The first kappa shape index (κ1) is 29.2. The van der Waals surface area contributed by atoms with Gasteiger partial charge in [-0.1, -0.05) is 170 Å². The summed E-state index contributed by atoms with van der Waals surface area (Å²) in [4.78, 5) is 5.06. The fraction of sp³-hybridized carbons (Fsp3) is 0. The van der Waals surface area contributed by atoms with E-state index >= 15 is 0 Å². The Hall–Kier alpha value is -6.77. The lowest BCUT2D eigenvalue weighted by molar-refractivity contribution is 1.10. The maximum atomic E-state index is 5.06. The normalized spacial score (nSPS) is 11.5. The molecule has 51 heavy (non-hydrogen) atoms. The van der Waals surface area contributed by atoms with Gasteiger partial charge in [0, 0.05) is 11.3 Å². The van der Waals surface area contributed by atoms with Gasteiger partial charge in [0.2, 0.25) is 0 Å². The van der Waals surface area contributed by atoms with E-state index in [1.807, 2.05) is 6.07 Å². The molecular weight excluding hydrogens is 617 g/mol. The Morgan fingerprint density at radius 1 is 0.333 bits per heavy atom. The van der Waals surface area contributed by atoms with Gasteiger partial charge in [0.1, 0.15) is 5.82 Å². The minimum atomic E-state index is 0.941. The summed E-state index contributed by atoms with van der Waals surface area (Å²) in [5.74, 6) is 0.941. The lowest BCUT2D eigenvalue weighted by Crippen LogP contribution is -1.97. The van der Waals surface area contributed by atoms with Crippen LogP contribution in [0.2, 0.25) is 0 Å². The van der Waals surface area contributed by atoms with Gasteiger partial charge in [-0.05, 0) is 90.0 Å². The fourth-order valence-corrected chi connectivity index (χ4v) is 7.89. The molecule has 10 rings (SSSR count). The van der Waals surface area contributed by atoms with Crippen molar-refractivity contribution in [3.8, 4) is 50.5 Å². The van der Waals surface area contributed by atoms with Crippen molar-refractivity contribution >= 4 is 43.4 Å². The molecule has 0 aliphatic carbocycles. The average Bonchev–Trinajstić information content (AvgIpc) is 3.60. The van der Waals surface area contributed by atoms with Crippen LogP contribution in [-0.2, 0) is 0 Å². The number of hydrogen-bond acceptors (Lipinski definition) is 1. The smallest absolute Gasteiger partial charge is 0.145 e. The Kier molecular flexibility index (Phi) is 6.85. The van der Waals surface area contributed by atoms with Crippen LogP contribution in [0.3, 0.4) is 0 Å². The van der Waals surface area contributed by atoms with Crippen LogP contribution in [0, 0.1) is 0 Å². The van der Waals surface area contributed by atoms with Crippen molar-refractivity contribution in [1.29, 1.82) is 0 Å². The average molecular weight is 649 g/mol. The first-order valence-electron chi connectivity index (χ1n) is 17.5. The number of fused-ring (bicyclic) bond motifs is 4. The number of benzene rings is 9. The van der Waals surface area contributed by atoms with Crippen LogP contribution in [0.15, 0.2) is 194 Å². The Morgan fingerprint density at radius 2 is 0.824 bits per heavy atom. The van der Waals surface area contributed by atoms with Crippen LogP contribution in [0.1, 0.15) is 0 Å². The molecule has 0 radical (unpaired) electrons. The molecule has 0 unspecified atom stereocenters. The summed E-state index contributed by atoms with van der Waals surface area (Å²) >= 11 is 0. The zero-order valence-electron chi connectivity index (χ0n) is 27.9. The van der Waals surface area contributed by atoms with Crippen LogP contribution in [-0.4, -0.2) is 9.55 Å². The second-order valence-corrected chi connectivity index (χ2v) is 13.1. The highest BCUT2D eigenvalue weighted by atomic mass is 15.1. The molecule has 0 spiro atoms. The van der Waals surface area contributed by atoms with Gasteiger partial charge in [-0.2, -0.15) is 0 Å². The summed E-state index contributed by atoms with van der Waals surface area (Å²) in [5.41, 5.74) is 11.7. The molecule has 0 saturated carbocycles. The van der Waals surface area contributed by atoms with Crippen molar-refractivity contribution in [3.63, 3.8) is 0 Å². The third-order valence-electron chi connectivity index (χ3n) is 10.2. The zero-order chi connectivity index (χ0) is 33.7. The molecule has 9 aromatic carbocycles. The SMILES string of the molecule is c1ccc(-c2nc3ccccc3n2-c2ccc(-c3c4ccccc4c(-c4ccc(-c5cccc6ccccc56)cc4)c4ccccc34)cc2)cc1. The minimum absolute atomic E-state index is 0.941. The predicted molar refractivity (Wildman–Crippen MR) is 215 cm³/mol. The molecule has 0 amide bonds. The molecule has 0 fully saturated rings. The molecule has 2 nitrogen and oxygen atoms in total. The first-order chi connectivity index (χ1) is 25.3. The molecule has 1 heterocycles. The molecule has 1 aromatic heterocycles. The highest BCUT2D eigenvalue weighted by Gasteiger charge is 2.18. The van der Waals surface area contributed by atoms with E-state index in [-0.39, 0.29) is 0 Å². The quantitative estimate of drug-likeness (QED) is 0.170. The van der Waals surface area contributed by atoms with Crippen molar-refractivity contribution in [1.82, 2.24) is 9.55 Å². The summed E-state index contributed by atoms with van der Waals surface area (Å²) in [5, 5.41) is 7.52. The van der Waals surface area contributed by atoms with Crippen LogP contribution in [0.25, 0.3) is 93.8 Å². The third-order valence-corrected chi connectivity index (χ3v) is 10.2. The lowest BCUT2D eigenvalue weighted by Gasteiger charge is -2.18. The van der Waals surface area contributed by atoms with Gasteiger partial charge >= 0.3 is 0 Å². The monoisotopic (exact) mass is 648 g/mol. The molecule has 2 heteroatoms. The Morgan fingerprint density at radius 3 is 1.47 bits per heavy atom. The summed E-state index contributed by atoms with van der Waals surface area (Å²) in [6.45, 7) is 0. The number of imidazole rings is 1. The van der Waals surface area contributed by atoms with Crippen molar-refractivity contribution in [2.24, 2.45) is 0 Å². The zero-order valence-corrected chi connectivity index (χ0v) is 27.9. The van der Waals surface area contributed by atoms with Crippen molar-refractivity contribution in [3.05, 3.63) is 194 Å². The Balaban J connectivity index is 1.12. The van der Waals surface area contributed by atoms with Gasteiger partial charge < -0.3 is 0 Å². The summed E-state index contributed by atoms with van der Waals surface area (Å²) in [6.07, 6.45) is 0. The summed E-state index contributed by atoms with van der Waals surface area (Å²) < 4.78 is 2.27. The van der Waals surface area contributed by atoms with Gasteiger partial charge in [-0.15, -0.1) is 0 Å². The van der Waals surface area contributed by atoms with E-state index < -0.39 is 0 Å². The Labute approximate surface area is 296 Å². The molecule has 0 atom stereocenters. The fourth-order valence-electron chi connectivity index (χ4n) is 7.89. The number of hydrogen-bond donors (Lipinski definition) is 0. The summed E-state index contributed by atoms with van der Waals surface area (Å²) in [6, 6.07) is 69.9. The molecule has 238 valence electrons. The molecule has 0 aliphatic heterocycles. The molecular formula is C49H32N2. The molecule has 10 aromatic rings. The minimum Gasteiger partial charge on any atom is -0.292 e. The maximum absolute atomic E-state index is 5.06. The van der Waals surface area contributed by atoms with E-state index in [0.29, 0.717) is 0 Å². The van der Waals surface area contributed by atoms with E-state index in [9.17, 15) is 0 Å². The van der Waals surface area contributed by atoms with Crippen LogP contribution in [0.5, 0.6) is 0 Å². The number of para-hydroxylation sites is 2. The van der Waals surface area contributed by atoms with E-state index in [4.69, 9.17) is 4.98 Å². The number of aromatic nitrogens is 2. The largest absolute Gasteiger partial charge is 0.292 e.